The first-order chi connectivity index (χ1) is 16.7. The molecule has 6 nitrogen and oxygen atoms in total. The molecule has 1 aromatic heterocycles. The largest absolute Gasteiger partial charge is 0.497 e. The van der Waals surface area contributed by atoms with Gasteiger partial charge in [-0.05, 0) is 86.8 Å². The van der Waals surface area contributed by atoms with Crippen molar-refractivity contribution in [2.24, 2.45) is 0 Å². The van der Waals surface area contributed by atoms with Crippen molar-refractivity contribution in [3.05, 3.63) is 86.5 Å². The molecular weight excluding hydrogens is 466 g/mol. The Balaban J connectivity index is 1.77. The molecule has 0 bridgehead atoms. The number of aryl methyl sites for hydroxylation is 2. The predicted molar refractivity (Wildman–Crippen MR) is 139 cm³/mol. The van der Waals surface area contributed by atoms with Crippen molar-refractivity contribution >= 4 is 34.2 Å². The molecule has 0 spiro atoms. The van der Waals surface area contributed by atoms with Crippen LogP contribution in [0, 0.1) is 20.8 Å². The Morgan fingerprint density at radius 2 is 1.74 bits per heavy atom. The zero-order valence-corrected chi connectivity index (χ0v) is 20.9. The van der Waals surface area contributed by atoms with Crippen LogP contribution >= 0.6 is 11.6 Å². The number of ether oxygens (including phenoxy) is 2. The fraction of sp³-hybridized carbons (Fsp3) is 0.214. The van der Waals surface area contributed by atoms with E-state index in [1.165, 1.54) is 0 Å². The fourth-order valence-electron chi connectivity index (χ4n) is 3.69. The Hall–Kier alpha value is -3.77. The number of anilines is 1. The van der Waals surface area contributed by atoms with Gasteiger partial charge in [-0.3, -0.25) is 9.59 Å². The molecule has 1 atom stereocenters. The van der Waals surface area contributed by atoms with Gasteiger partial charge in [-0.15, -0.1) is 0 Å². The highest BCUT2D eigenvalue weighted by molar-refractivity contribution is 6.32. The van der Waals surface area contributed by atoms with Gasteiger partial charge in [-0.2, -0.15) is 0 Å². The van der Waals surface area contributed by atoms with E-state index in [9.17, 15) is 9.59 Å². The topological polar surface area (TPSA) is 77.8 Å². The highest BCUT2D eigenvalue weighted by atomic mass is 35.5. The van der Waals surface area contributed by atoms with Gasteiger partial charge in [0, 0.05) is 16.3 Å². The zero-order chi connectivity index (χ0) is 25.3. The van der Waals surface area contributed by atoms with E-state index in [2.05, 4.69) is 5.32 Å². The van der Waals surface area contributed by atoms with Crippen molar-refractivity contribution < 1.29 is 18.7 Å². The van der Waals surface area contributed by atoms with Crippen molar-refractivity contribution in [2.45, 2.75) is 33.8 Å². The van der Waals surface area contributed by atoms with Crippen molar-refractivity contribution in [2.75, 3.05) is 12.4 Å². The van der Waals surface area contributed by atoms with Gasteiger partial charge in [-0.1, -0.05) is 23.7 Å². The number of fused-ring (bicyclic) bond motifs is 1. The third-order valence-electron chi connectivity index (χ3n) is 6.01. The van der Waals surface area contributed by atoms with Crippen LogP contribution in [0.15, 0.2) is 63.8 Å². The van der Waals surface area contributed by atoms with Crippen LogP contribution in [0.5, 0.6) is 11.5 Å². The molecule has 0 aliphatic rings. The van der Waals surface area contributed by atoms with Crippen molar-refractivity contribution in [1.82, 2.24) is 0 Å². The maximum absolute atomic E-state index is 13.5. The first-order valence-corrected chi connectivity index (χ1v) is 11.5. The summed E-state index contributed by atoms with van der Waals surface area (Å²) in [6, 6.07) is 16.0. The lowest BCUT2D eigenvalue weighted by atomic mass is 10.1. The highest BCUT2D eigenvalue weighted by Crippen LogP contribution is 2.34. The minimum absolute atomic E-state index is 0.0637. The first kappa shape index (κ1) is 24.4. The second kappa shape index (κ2) is 9.84. The third-order valence-corrected chi connectivity index (χ3v) is 6.42. The van der Waals surface area contributed by atoms with E-state index in [-0.39, 0.29) is 22.8 Å². The lowest BCUT2D eigenvalue weighted by molar-refractivity contribution is -0.122. The second-order valence-electron chi connectivity index (χ2n) is 8.41. The van der Waals surface area contributed by atoms with Crippen LogP contribution in [0.4, 0.5) is 5.69 Å². The molecule has 0 saturated carbocycles. The van der Waals surface area contributed by atoms with E-state index in [4.69, 9.17) is 25.5 Å². The summed E-state index contributed by atoms with van der Waals surface area (Å²) in [6.07, 6.45) is -0.979. The van der Waals surface area contributed by atoms with Crippen LogP contribution in [0.2, 0.25) is 5.02 Å². The fourth-order valence-corrected chi connectivity index (χ4v) is 3.85. The molecule has 1 N–H and O–H groups in total. The SMILES string of the molecule is COc1ccc(-c2oc3cc(C)c(Cl)cc3c(=O)c2OC(C)C(=O)Nc2cccc(C)c2C)cc1. The molecule has 1 unspecified atom stereocenters. The smallest absolute Gasteiger partial charge is 0.265 e. The van der Waals surface area contributed by atoms with Gasteiger partial charge in [0.05, 0.1) is 12.5 Å². The molecule has 7 heteroatoms. The van der Waals surface area contributed by atoms with Gasteiger partial charge in [0.2, 0.25) is 11.2 Å². The zero-order valence-electron chi connectivity index (χ0n) is 20.2. The second-order valence-corrected chi connectivity index (χ2v) is 8.82. The number of hydrogen-bond donors (Lipinski definition) is 1. The Bertz CT molecular complexity index is 1470. The number of amides is 1. The molecule has 180 valence electrons. The summed E-state index contributed by atoms with van der Waals surface area (Å²) in [7, 11) is 1.57. The summed E-state index contributed by atoms with van der Waals surface area (Å²) in [4.78, 5) is 26.5. The molecular formula is C28H26ClNO5. The van der Waals surface area contributed by atoms with Gasteiger partial charge in [-0.25, -0.2) is 0 Å². The van der Waals surface area contributed by atoms with E-state index < -0.39 is 11.5 Å². The van der Waals surface area contributed by atoms with Crippen LogP contribution in [-0.2, 0) is 4.79 Å². The summed E-state index contributed by atoms with van der Waals surface area (Å²) in [5.41, 5.74) is 4.05. The molecule has 1 amide bonds. The van der Waals surface area contributed by atoms with Crippen LogP contribution in [-0.4, -0.2) is 19.1 Å². The van der Waals surface area contributed by atoms with Crippen LogP contribution in [0.1, 0.15) is 23.6 Å². The summed E-state index contributed by atoms with van der Waals surface area (Å²) >= 11 is 6.28. The third kappa shape index (κ3) is 4.88. The number of nitrogens with one attached hydrogen (secondary N) is 1. The molecule has 0 radical (unpaired) electrons. The van der Waals surface area contributed by atoms with Crippen LogP contribution in [0.3, 0.4) is 0 Å². The van der Waals surface area contributed by atoms with E-state index >= 15 is 0 Å². The average Bonchev–Trinajstić information content (AvgIpc) is 2.85. The Morgan fingerprint density at radius 3 is 2.43 bits per heavy atom. The van der Waals surface area contributed by atoms with Gasteiger partial charge < -0.3 is 19.2 Å². The number of methoxy groups -OCH3 is 1. The molecule has 0 aliphatic heterocycles. The van der Waals surface area contributed by atoms with E-state index in [0.29, 0.717) is 27.6 Å². The van der Waals surface area contributed by atoms with Gasteiger partial charge >= 0.3 is 0 Å². The lowest BCUT2D eigenvalue weighted by Crippen LogP contribution is -2.32. The van der Waals surface area contributed by atoms with Crippen molar-refractivity contribution in [3.8, 4) is 22.8 Å². The summed E-state index contributed by atoms with van der Waals surface area (Å²) < 4.78 is 17.4. The standard InChI is InChI=1S/C28H26ClNO5/c1-15-7-6-8-23(17(15)3)30-28(32)18(4)34-27-25(31)21-14-22(29)16(2)13-24(21)35-26(27)19-9-11-20(33-5)12-10-19/h6-14,18H,1-5H3,(H,30,32). The van der Waals surface area contributed by atoms with Crippen molar-refractivity contribution in [3.63, 3.8) is 0 Å². The van der Waals surface area contributed by atoms with Crippen molar-refractivity contribution in [1.29, 1.82) is 0 Å². The van der Waals surface area contributed by atoms with Crippen LogP contribution in [0.25, 0.3) is 22.3 Å². The van der Waals surface area contributed by atoms with E-state index in [0.717, 1.165) is 16.7 Å². The number of rotatable bonds is 6. The maximum Gasteiger partial charge on any atom is 0.265 e. The highest BCUT2D eigenvalue weighted by Gasteiger charge is 2.24. The molecule has 0 aliphatic carbocycles. The Labute approximate surface area is 208 Å². The number of benzene rings is 3. The maximum atomic E-state index is 13.5. The average molecular weight is 492 g/mol. The molecule has 0 fully saturated rings. The van der Waals surface area contributed by atoms with E-state index in [1.54, 1.807) is 50.4 Å². The molecule has 3 aromatic carbocycles. The van der Waals surface area contributed by atoms with Gasteiger partial charge in [0.15, 0.2) is 11.9 Å². The molecule has 4 rings (SSSR count). The Kier molecular flexibility index (Phi) is 6.85. The van der Waals surface area contributed by atoms with E-state index in [1.807, 2.05) is 39.0 Å². The molecule has 35 heavy (non-hydrogen) atoms. The Morgan fingerprint density at radius 1 is 1.03 bits per heavy atom. The first-order valence-electron chi connectivity index (χ1n) is 11.1. The minimum Gasteiger partial charge on any atom is -0.497 e. The minimum atomic E-state index is -0.979. The molecule has 0 saturated heterocycles. The molecule has 1 heterocycles. The number of carbonyl (C=O) groups is 1. The summed E-state index contributed by atoms with van der Waals surface area (Å²) in [5, 5.41) is 3.60. The molecule has 4 aromatic rings. The number of halogens is 1. The predicted octanol–water partition coefficient (Wildman–Crippen LogP) is 6.45. The normalized spacial score (nSPS) is 11.8. The van der Waals surface area contributed by atoms with Gasteiger partial charge in [0.1, 0.15) is 11.3 Å². The summed E-state index contributed by atoms with van der Waals surface area (Å²) in [5.74, 6) is 0.425. The number of hydrogen-bond acceptors (Lipinski definition) is 5. The van der Waals surface area contributed by atoms with Crippen LogP contribution < -0.4 is 20.2 Å². The number of carbonyl (C=O) groups excluding carboxylic acids is 1. The summed E-state index contributed by atoms with van der Waals surface area (Å²) in [6.45, 7) is 7.32. The quantitative estimate of drug-likeness (QED) is 0.335. The monoisotopic (exact) mass is 491 g/mol. The van der Waals surface area contributed by atoms with Gasteiger partial charge in [0.25, 0.3) is 5.91 Å². The lowest BCUT2D eigenvalue weighted by Gasteiger charge is -2.18.